The van der Waals surface area contributed by atoms with Crippen molar-refractivity contribution in [2.45, 2.75) is 6.92 Å². The molecule has 0 spiro atoms. The van der Waals surface area contributed by atoms with E-state index in [2.05, 4.69) is 20.9 Å². The van der Waals surface area contributed by atoms with Gasteiger partial charge in [0.25, 0.3) is 0 Å². The summed E-state index contributed by atoms with van der Waals surface area (Å²) in [6.45, 7) is 5.14. The first kappa shape index (κ1) is 11.3. The molecule has 0 bridgehead atoms. The molecule has 0 unspecified atom stereocenters. The average molecular weight is 189 g/mol. The summed E-state index contributed by atoms with van der Waals surface area (Å²) in [5.74, 6) is 0. The second-order valence-electron chi connectivity index (χ2n) is 1.77. The van der Waals surface area contributed by atoms with Crippen LogP contribution in [0.2, 0.25) is 0 Å². The van der Waals surface area contributed by atoms with Gasteiger partial charge in [-0.1, -0.05) is 12.7 Å². The minimum atomic E-state index is -0.988. The number of carbonyl (C=O) groups is 2. The summed E-state index contributed by atoms with van der Waals surface area (Å²) in [5, 5.41) is 0. The zero-order valence-corrected chi connectivity index (χ0v) is 7.24. The predicted molar refractivity (Wildman–Crippen MR) is 42.8 cm³/mol. The summed E-state index contributed by atoms with van der Waals surface area (Å²) in [5.41, 5.74) is 1.72. The van der Waals surface area contributed by atoms with Crippen LogP contribution in [-0.4, -0.2) is 25.5 Å². The Bertz CT molecular complexity index is 191. The molecule has 0 fully saturated rings. The summed E-state index contributed by atoms with van der Waals surface area (Å²) >= 11 is 0. The maximum Gasteiger partial charge on any atom is 0.533 e. The van der Waals surface area contributed by atoms with E-state index < -0.39 is 12.2 Å². The number of rotatable bonds is 3. The van der Waals surface area contributed by atoms with Gasteiger partial charge in [0.15, 0.2) is 0 Å². The van der Waals surface area contributed by atoms with E-state index >= 15 is 0 Å². The molecule has 74 valence electrons. The molecule has 0 aliphatic carbocycles. The molecule has 0 atom stereocenters. The molecule has 1 N–H and O–H groups in total. The highest BCUT2D eigenvalue weighted by Crippen LogP contribution is 1.83. The molecule has 0 saturated carbocycles. The first-order chi connectivity index (χ1) is 6.20. The Balaban J connectivity index is 3.45. The molecular weight excluding hydrogens is 178 g/mol. The van der Waals surface area contributed by atoms with E-state index in [0.29, 0.717) is 0 Å². The molecule has 0 aliphatic heterocycles. The Kier molecular flexibility index (Phi) is 6.04. The molecule has 0 saturated heterocycles. The number of carbonyl (C=O) groups excluding carboxylic acids is 2. The van der Waals surface area contributed by atoms with E-state index in [1.54, 1.807) is 12.4 Å². The van der Waals surface area contributed by atoms with Crippen LogP contribution in [0.3, 0.4) is 0 Å². The fourth-order valence-corrected chi connectivity index (χ4v) is 0.395. The fourth-order valence-electron chi connectivity index (χ4n) is 0.395. The number of hydrogen-bond acceptors (Lipinski definition) is 5. The maximum absolute atomic E-state index is 10.6. The molecule has 0 aromatic heterocycles. The largest absolute Gasteiger partial charge is 0.533 e. The van der Waals surface area contributed by atoms with Gasteiger partial charge in [0, 0.05) is 0 Å². The minimum absolute atomic E-state index is 0.0397. The molecule has 0 radical (unpaired) electrons. The number of nitrogens with one attached hydrogen (secondary N) is 1. The van der Waals surface area contributed by atoms with Gasteiger partial charge in [-0.05, 0) is 6.92 Å². The topological polar surface area (TPSA) is 73.9 Å². The van der Waals surface area contributed by atoms with Gasteiger partial charge < -0.3 is 14.3 Å². The van der Waals surface area contributed by atoms with Gasteiger partial charge >= 0.3 is 12.2 Å². The molecule has 0 aromatic carbocycles. The van der Waals surface area contributed by atoms with Crippen LogP contribution >= 0.6 is 0 Å². The molecule has 0 aromatic rings. The second-order valence-corrected chi connectivity index (χ2v) is 1.77. The van der Waals surface area contributed by atoms with Crippen LogP contribution in [0.25, 0.3) is 0 Å². The summed E-state index contributed by atoms with van der Waals surface area (Å²) in [7, 11) is 0. The number of amides is 1. The first-order valence-electron chi connectivity index (χ1n) is 3.58. The smallest absolute Gasteiger partial charge is 0.443 e. The summed E-state index contributed by atoms with van der Waals surface area (Å²) < 4.78 is 8.76. The van der Waals surface area contributed by atoms with Crippen molar-refractivity contribution in [1.29, 1.82) is 0 Å². The van der Waals surface area contributed by atoms with Crippen molar-refractivity contribution >= 4 is 12.2 Å². The molecular formula is C7H11NO5. The van der Waals surface area contributed by atoms with E-state index in [4.69, 9.17) is 0 Å². The van der Waals surface area contributed by atoms with Gasteiger partial charge in [0.1, 0.15) is 6.61 Å². The van der Waals surface area contributed by atoms with Crippen LogP contribution in [0.1, 0.15) is 6.92 Å². The van der Waals surface area contributed by atoms with Crippen LogP contribution in [0.4, 0.5) is 9.59 Å². The molecule has 0 rings (SSSR count). The average Bonchev–Trinajstić information content (AvgIpc) is 2.12. The van der Waals surface area contributed by atoms with Crippen LogP contribution in [-0.2, 0) is 14.3 Å². The minimum Gasteiger partial charge on any atom is -0.443 e. The molecule has 6 heteroatoms. The van der Waals surface area contributed by atoms with Crippen molar-refractivity contribution in [1.82, 2.24) is 5.48 Å². The van der Waals surface area contributed by atoms with Gasteiger partial charge in [-0.3, -0.25) is 0 Å². The lowest BCUT2D eigenvalue weighted by Crippen LogP contribution is -2.28. The summed E-state index contributed by atoms with van der Waals surface area (Å²) in [6.07, 6.45) is -0.491. The zero-order valence-electron chi connectivity index (χ0n) is 7.24. The third-order valence-electron chi connectivity index (χ3n) is 0.812. The molecule has 0 heterocycles. The normalized spacial score (nSPS) is 8.38. The monoisotopic (exact) mass is 189 g/mol. The second kappa shape index (κ2) is 6.96. The quantitative estimate of drug-likeness (QED) is 0.407. The lowest BCUT2D eigenvalue weighted by molar-refractivity contribution is 0.0161. The standard InChI is InChI=1S/C7H11NO5/c1-3-5-12-6(9)8-13-7(10)11-4-2/h3H,1,4-5H2,2H3,(H,8,9). The highest BCUT2D eigenvalue weighted by atomic mass is 16.8. The molecule has 6 nitrogen and oxygen atoms in total. The van der Waals surface area contributed by atoms with Crippen LogP contribution in [0, 0.1) is 0 Å². The van der Waals surface area contributed by atoms with E-state index in [1.165, 1.54) is 6.08 Å². The highest BCUT2D eigenvalue weighted by Gasteiger charge is 2.06. The first-order valence-corrected chi connectivity index (χ1v) is 3.58. The van der Waals surface area contributed by atoms with E-state index in [1.807, 2.05) is 0 Å². The third-order valence-corrected chi connectivity index (χ3v) is 0.812. The van der Waals surface area contributed by atoms with E-state index in [-0.39, 0.29) is 13.2 Å². The summed E-state index contributed by atoms with van der Waals surface area (Å²) in [4.78, 5) is 25.2. The Labute approximate surface area is 75.4 Å². The number of hydroxylamine groups is 1. The Morgan fingerprint density at radius 2 is 2.15 bits per heavy atom. The van der Waals surface area contributed by atoms with Crippen molar-refractivity contribution in [2.75, 3.05) is 13.2 Å². The molecule has 13 heavy (non-hydrogen) atoms. The number of ether oxygens (including phenoxy) is 2. The lowest BCUT2D eigenvalue weighted by Gasteiger charge is -2.04. The van der Waals surface area contributed by atoms with E-state index in [0.717, 1.165) is 0 Å². The zero-order chi connectivity index (χ0) is 10.1. The molecule has 0 aliphatic rings. The predicted octanol–water partition coefficient (Wildman–Crippen LogP) is 0.987. The van der Waals surface area contributed by atoms with Crippen molar-refractivity contribution in [3.8, 4) is 0 Å². The highest BCUT2D eigenvalue weighted by molar-refractivity contribution is 5.69. The van der Waals surface area contributed by atoms with Crippen molar-refractivity contribution in [3.05, 3.63) is 12.7 Å². The van der Waals surface area contributed by atoms with Crippen molar-refractivity contribution in [3.63, 3.8) is 0 Å². The Hall–Kier alpha value is -1.72. The fraction of sp³-hybridized carbons (Fsp3) is 0.429. The maximum atomic E-state index is 10.6. The molecule has 1 amide bonds. The van der Waals surface area contributed by atoms with Crippen LogP contribution in [0.5, 0.6) is 0 Å². The van der Waals surface area contributed by atoms with Crippen LogP contribution < -0.4 is 5.48 Å². The Morgan fingerprint density at radius 3 is 2.69 bits per heavy atom. The SMILES string of the molecule is C=CCOC(=O)NOC(=O)OCC. The van der Waals surface area contributed by atoms with E-state index in [9.17, 15) is 9.59 Å². The van der Waals surface area contributed by atoms with Gasteiger partial charge in [-0.2, -0.15) is 0 Å². The number of hydrogen-bond donors (Lipinski definition) is 1. The third kappa shape index (κ3) is 6.67. The Morgan fingerprint density at radius 1 is 1.46 bits per heavy atom. The van der Waals surface area contributed by atoms with Gasteiger partial charge in [0.05, 0.1) is 6.61 Å². The lowest BCUT2D eigenvalue weighted by atomic mass is 10.7. The van der Waals surface area contributed by atoms with Gasteiger partial charge in [0.2, 0.25) is 0 Å². The van der Waals surface area contributed by atoms with Crippen molar-refractivity contribution in [2.24, 2.45) is 0 Å². The summed E-state index contributed by atoms with van der Waals surface area (Å²) in [6, 6.07) is 0. The van der Waals surface area contributed by atoms with Gasteiger partial charge in [-0.15, -0.1) is 5.48 Å². The van der Waals surface area contributed by atoms with Crippen LogP contribution in [0.15, 0.2) is 12.7 Å². The van der Waals surface area contributed by atoms with Crippen molar-refractivity contribution < 1.29 is 23.9 Å². The van der Waals surface area contributed by atoms with Gasteiger partial charge in [-0.25, -0.2) is 9.59 Å².